The van der Waals surface area contributed by atoms with Crippen molar-refractivity contribution in [3.63, 3.8) is 0 Å². The van der Waals surface area contributed by atoms with Crippen LogP contribution in [0.5, 0.6) is 0 Å². The van der Waals surface area contributed by atoms with Crippen LogP contribution in [0, 0.1) is 13.7 Å². The summed E-state index contributed by atoms with van der Waals surface area (Å²) in [6.45, 7) is -5.80. The van der Waals surface area contributed by atoms with E-state index < -0.39 is 30.7 Å². The van der Waals surface area contributed by atoms with Gasteiger partial charge < -0.3 is 4.90 Å². The summed E-state index contributed by atoms with van der Waals surface area (Å²) in [5, 5.41) is 2.23. The van der Waals surface area contributed by atoms with Crippen LogP contribution in [0.3, 0.4) is 0 Å². The van der Waals surface area contributed by atoms with E-state index in [9.17, 15) is 2.74 Å². The number of benzene rings is 9. The maximum atomic E-state index is 9.62. The summed E-state index contributed by atoms with van der Waals surface area (Å²) in [5.41, 5.74) is 7.90. The van der Waals surface area contributed by atoms with E-state index in [2.05, 4.69) is 102 Å². The molecule has 0 unspecified atom stereocenters. The smallest absolute Gasteiger partial charge is 0.0716 e. The van der Waals surface area contributed by atoms with Crippen LogP contribution < -0.4 is 4.90 Å². The van der Waals surface area contributed by atoms with Crippen molar-refractivity contribution >= 4 is 27.8 Å². The van der Waals surface area contributed by atoms with Gasteiger partial charge in [-0.25, -0.2) is 0 Å². The fourth-order valence-electron chi connectivity index (χ4n) is 8.71. The Morgan fingerprint density at radius 1 is 0.464 bits per heavy atom. The fraction of sp³-hybridized carbons (Fsp3) is 0.0545. The molecule has 0 N–H and O–H groups in total. The second-order valence-electron chi connectivity index (χ2n) is 14.3. The van der Waals surface area contributed by atoms with E-state index >= 15 is 0 Å². The quantitative estimate of drug-likeness (QED) is 0.158. The van der Waals surface area contributed by atoms with E-state index in [4.69, 9.17) is 8.22 Å². The monoisotopic (exact) mass is 723 g/mol. The molecule has 0 aromatic heterocycles. The molecule has 266 valence electrons. The van der Waals surface area contributed by atoms with Crippen molar-refractivity contribution in [3.05, 3.63) is 246 Å². The normalized spacial score (nSPS) is 15.1. The highest BCUT2D eigenvalue weighted by atomic mass is 15.1. The van der Waals surface area contributed by atoms with Crippen LogP contribution in [0.1, 0.15) is 44.3 Å². The maximum Gasteiger partial charge on any atom is 0.0716 e. The Bertz CT molecular complexity index is 3130. The summed E-state index contributed by atoms with van der Waals surface area (Å²) >= 11 is 0. The van der Waals surface area contributed by atoms with E-state index in [0.29, 0.717) is 11.1 Å². The van der Waals surface area contributed by atoms with Crippen molar-refractivity contribution in [2.45, 2.75) is 19.1 Å². The molecule has 9 aromatic carbocycles. The molecule has 0 atom stereocenters. The lowest BCUT2D eigenvalue weighted by Gasteiger charge is -2.35. The zero-order valence-electron chi connectivity index (χ0n) is 38.5. The number of nitrogens with zero attached hydrogens (tertiary/aromatic N) is 1. The highest BCUT2D eigenvalue weighted by Crippen LogP contribution is 2.58. The third-order valence-electron chi connectivity index (χ3n) is 11.2. The SMILES string of the molecule is [2H]c1c2c(c(C([2H])([2H])[2H])c([2H])c1C([2H])([2H])[2H])C(c1ccccc1)(c1ccccc1)c1ccc(-c3ccc(N(c4ccc(-c5ccccc5)cc4)c4cccc5ccccc45)cc3)cc1-2. The van der Waals surface area contributed by atoms with Gasteiger partial charge in [-0.2, -0.15) is 0 Å². The molecule has 0 fully saturated rings. The van der Waals surface area contributed by atoms with Gasteiger partial charge in [0.1, 0.15) is 0 Å². The molecule has 1 nitrogen and oxygen atoms in total. The summed E-state index contributed by atoms with van der Waals surface area (Å²) in [6.07, 6.45) is 0. The maximum absolute atomic E-state index is 9.62. The fourth-order valence-corrected chi connectivity index (χ4v) is 8.71. The number of hydrogen-bond donors (Lipinski definition) is 0. The van der Waals surface area contributed by atoms with Crippen LogP contribution in [0.25, 0.3) is 44.2 Å². The van der Waals surface area contributed by atoms with Crippen LogP contribution in [0.2, 0.25) is 0 Å². The van der Waals surface area contributed by atoms with Gasteiger partial charge in [-0.05, 0) is 117 Å². The van der Waals surface area contributed by atoms with E-state index in [1.54, 1.807) is 0 Å². The van der Waals surface area contributed by atoms with E-state index in [0.717, 1.165) is 61.2 Å². The third kappa shape index (κ3) is 5.47. The van der Waals surface area contributed by atoms with Crippen molar-refractivity contribution in [1.82, 2.24) is 0 Å². The standard InChI is InChI=1S/C55H41N/c1-38-35-39(2)54-51(36-38)50-37-44(29-34-52(50)55(54,45-19-8-4-9-20-45)46-21-10-5-11-22-46)42-27-32-48(33-28-42)56(53-24-14-18-43-17-12-13-23-49(43)53)47-30-25-41(26-31-47)40-15-6-3-7-16-40/h3-37H,1-2H3/i1D3,2D3,35D,36D. The summed E-state index contributed by atoms with van der Waals surface area (Å²) in [5.74, 6) is 0. The van der Waals surface area contributed by atoms with Gasteiger partial charge in [0.25, 0.3) is 0 Å². The highest BCUT2D eigenvalue weighted by molar-refractivity contribution is 5.99. The van der Waals surface area contributed by atoms with E-state index in [1.165, 1.54) is 0 Å². The minimum atomic E-state index is -2.92. The highest BCUT2D eigenvalue weighted by Gasteiger charge is 2.47. The lowest BCUT2D eigenvalue weighted by atomic mass is 9.66. The molecular weight excluding hydrogens is 675 g/mol. The van der Waals surface area contributed by atoms with Crippen LogP contribution >= 0.6 is 0 Å². The number of fused-ring (bicyclic) bond motifs is 4. The van der Waals surface area contributed by atoms with Crippen molar-refractivity contribution < 1.29 is 11.0 Å². The Morgan fingerprint density at radius 2 is 1.02 bits per heavy atom. The first-order chi connectivity index (χ1) is 30.9. The molecule has 10 rings (SSSR count). The molecule has 0 amide bonds. The largest absolute Gasteiger partial charge is 0.310 e. The van der Waals surface area contributed by atoms with Crippen molar-refractivity contribution in [1.29, 1.82) is 0 Å². The van der Waals surface area contributed by atoms with Crippen molar-refractivity contribution in [2.24, 2.45) is 0 Å². The first kappa shape index (κ1) is 26.0. The van der Waals surface area contributed by atoms with Gasteiger partial charge in [0, 0.05) is 25.0 Å². The zero-order chi connectivity index (χ0) is 44.4. The Labute approximate surface area is 341 Å². The van der Waals surface area contributed by atoms with Gasteiger partial charge in [0.05, 0.1) is 13.8 Å². The minimum absolute atomic E-state index is 0.218. The Balaban J connectivity index is 1.17. The van der Waals surface area contributed by atoms with Gasteiger partial charge in [0.15, 0.2) is 0 Å². The molecule has 1 heteroatoms. The molecular formula is C55H41N. The lowest BCUT2D eigenvalue weighted by molar-refractivity contribution is 0.761. The summed E-state index contributed by atoms with van der Waals surface area (Å²) in [6, 6.07) is 65.8. The zero-order valence-corrected chi connectivity index (χ0v) is 30.5. The molecule has 0 bridgehead atoms. The summed E-state index contributed by atoms with van der Waals surface area (Å²) in [4.78, 5) is 2.26. The first-order valence-corrected chi connectivity index (χ1v) is 18.9. The van der Waals surface area contributed by atoms with Gasteiger partial charge in [-0.3, -0.25) is 0 Å². The summed E-state index contributed by atoms with van der Waals surface area (Å²) < 4.78 is 71.0. The van der Waals surface area contributed by atoms with E-state index in [-0.39, 0.29) is 22.7 Å². The van der Waals surface area contributed by atoms with Crippen LogP contribution in [0.4, 0.5) is 17.1 Å². The number of anilines is 3. The van der Waals surface area contributed by atoms with Gasteiger partial charge in [-0.1, -0.05) is 181 Å². The average Bonchev–Trinajstić information content (AvgIpc) is 3.60. The molecule has 9 aromatic rings. The topological polar surface area (TPSA) is 3.24 Å². The Morgan fingerprint density at radius 3 is 1.66 bits per heavy atom. The van der Waals surface area contributed by atoms with Crippen molar-refractivity contribution in [3.8, 4) is 33.4 Å². The van der Waals surface area contributed by atoms with Crippen LogP contribution in [0.15, 0.2) is 212 Å². The predicted octanol–water partition coefficient (Wildman–Crippen LogP) is 14.6. The predicted molar refractivity (Wildman–Crippen MR) is 236 cm³/mol. The Hall–Kier alpha value is -6.96. The molecule has 1 aliphatic rings. The second-order valence-corrected chi connectivity index (χ2v) is 14.3. The number of rotatable bonds is 7. The van der Waals surface area contributed by atoms with Gasteiger partial charge in [0.2, 0.25) is 0 Å². The minimum Gasteiger partial charge on any atom is -0.310 e. The molecule has 56 heavy (non-hydrogen) atoms. The Kier molecular flexibility index (Phi) is 6.36. The lowest BCUT2D eigenvalue weighted by Crippen LogP contribution is -2.29. The number of hydrogen-bond acceptors (Lipinski definition) is 1. The second kappa shape index (κ2) is 13.7. The van der Waals surface area contributed by atoms with Gasteiger partial charge in [-0.15, -0.1) is 0 Å². The molecule has 0 radical (unpaired) electrons. The molecule has 0 heterocycles. The molecule has 0 saturated heterocycles. The van der Waals surface area contributed by atoms with E-state index in [1.807, 2.05) is 103 Å². The average molecular weight is 724 g/mol. The molecule has 0 spiro atoms. The molecule has 0 saturated carbocycles. The first-order valence-electron chi connectivity index (χ1n) is 22.9. The van der Waals surface area contributed by atoms with Gasteiger partial charge >= 0.3 is 0 Å². The molecule has 1 aliphatic carbocycles. The third-order valence-corrected chi connectivity index (χ3v) is 11.2. The van der Waals surface area contributed by atoms with Crippen LogP contribution in [-0.4, -0.2) is 0 Å². The summed E-state index contributed by atoms with van der Waals surface area (Å²) in [7, 11) is 0. The van der Waals surface area contributed by atoms with Crippen molar-refractivity contribution in [2.75, 3.05) is 4.90 Å². The van der Waals surface area contributed by atoms with Crippen LogP contribution in [-0.2, 0) is 5.41 Å². The molecule has 0 aliphatic heterocycles.